The highest BCUT2D eigenvalue weighted by Gasteiger charge is 2.29. The van der Waals surface area contributed by atoms with Crippen molar-refractivity contribution in [3.8, 4) is 0 Å². The van der Waals surface area contributed by atoms with E-state index in [4.69, 9.17) is 10.5 Å². The first-order valence-corrected chi connectivity index (χ1v) is 6.79. The van der Waals surface area contributed by atoms with Crippen molar-refractivity contribution in [2.45, 2.75) is 25.8 Å². The van der Waals surface area contributed by atoms with Crippen molar-refractivity contribution in [2.75, 3.05) is 24.7 Å². The lowest BCUT2D eigenvalue weighted by atomic mass is 10.1. The Morgan fingerprint density at radius 1 is 1.48 bits per heavy atom. The van der Waals surface area contributed by atoms with Gasteiger partial charge in [0.25, 0.3) is 0 Å². The number of pyridine rings is 1. The lowest BCUT2D eigenvalue weighted by molar-refractivity contribution is -0.121. The van der Waals surface area contributed by atoms with Crippen LogP contribution >= 0.6 is 0 Å². The summed E-state index contributed by atoms with van der Waals surface area (Å²) in [5.41, 5.74) is 6.20. The van der Waals surface area contributed by atoms with E-state index in [1.165, 1.54) is 6.07 Å². The van der Waals surface area contributed by atoms with Crippen LogP contribution in [0.2, 0.25) is 0 Å². The molecule has 3 N–H and O–H groups in total. The van der Waals surface area contributed by atoms with Gasteiger partial charge in [-0.15, -0.1) is 0 Å². The van der Waals surface area contributed by atoms with Crippen molar-refractivity contribution in [3.63, 3.8) is 0 Å². The quantitative estimate of drug-likeness (QED) is 0.841. The summed E-state index contributed by atoms with van der Waals surface area (Å²) in [7, 11) is 0. The molecule has 0 bridgehead atoms. The Morgan fingerprint density at radius 2 is 2.19 bits per heavy atom. The van der Waals surface area contributed by atoms with E-state index in [2.05, 4.69) is 4.98 Å². The molecule has 1 atom stereocenters. The van der Waals surface area contributed by atoms with Gasteiger partial charge in [0, 0.05) is 12.2 Å². The van der Waals surface area contributed by atoms with E-state index in [1.54, 1.807) is 11.0 Å². The number of aromatic carboxylic acids is 1. The van der Waals surface area contributed by atoms with Gasteiger partial charge < -0.3 is 20.5 Å². The molecular weight excluding hydrogens is 274 g/mol. The van der Waals surface area contributed by atoms with Gasteiger partial charge in [0.2, 0.25) is 5.91 Å². The molecule has 1 aromatic heterocycles. The Kier molecular flexibility index (Phi) is 4.42. The van der Waals surface area contributed by atoms with Crippen molar-refractivity contribution in [3.05, 3.63) is 23.4 Å². The number of primary amides is 1. The van der Waals surface area contributed by atoms with Crippen LogP contribution in [0, 0.1) is 0 Å². The van der Waals surface area contributed by atoms with Gasteiger partial charge in [0.15, 0.2) is 0 Å². The maximum Gasteiger partial charge on any atom is 0.335 e. The summed E-state index contributed by atoms with van der Waals surface area (Å²) in [5.74, 6) is -1.01. The van der Waals surface area contributed by atoms with Crippen molar-refractivity contribution in [1.29, 1.82) is 0 Å². The molecule has 7 nitrogen and oxygen atoms in total. The van der Waals surface area contributed by atoms with E-state index in [9.17, 15) is 14.7 Å². The molecule has 0 saturated carbocycles. The lowest BCUT2D eigenvalue weighted by Gasteiger charge is -2.34. The molecule has 0 spiro atoms. The zero-order valence-corrected chi connectivity index (χ0v) is 12.1. The number of anilines is 1. The second-order valence-corrected chi connectivity index (χ2v) is 5.29. The summed E-state index contributed by atoms with van der Waals surface area (Å²) in [4.78, 5) is 29.0. The molecule has 1 aromatic rings. The minimum Gasteiger partial charge on any atom is -0.478 e. The number of carbonyl (C=O) groups excluding carboxylic acids is 1. The molecule has 1 amide bonds. The Labute approximate surface area is 122 Å². The molecule has 2 rings (SSSR count). The second-order valence-electron chi connectivity index (χ2n) is 5.29. The van der Waals surface area contributed by atoms with E-state index in [0.29, 0.717) is 24.7 Å². The zero-order valence-electron chi connectivity index (χ0n) is 12.1. The normalized spacial score (nSPS) is 18.8. The smallest absolute Gasteiger partial charge is 0.335 e. The Hall–Kier alpha value is -2.15. The summed E-state index contributed by atoms with van der Waals surface area (Å²) < 4.78 is 5.26. The molecule has 1 saturated heterocycles. The number of nitrogens with zero attached hydrogens (tertiary/aromatic N) is 2. The molecule has 2 heterocycles. The van der Waals surface area contributed by atoms with E-state index in [0.717, 1.165) is 0 Å². The first-order chi connectivity index (χ1) is 9.90. The van der Waals surface area contributed by atoms with Gasteiger partial charge in [-0.3, -0.25) is 4.79 Å². The topological polar surface area (TPSA) is 106 Å². The van der Waals surface area contributed by atoms with Crippen LogP contribution in [0.15, 0.2) is 12.1 Å². The minimum absolute atomic E-state index is 0.0797. The standard InChI is InChI=1S/C14H19N3O4/c1-8(2)10-5-9(14(19)20)6-12(16-10)17-3-4-21-7-11(17)13(15)18/h5-6,8,11H,3-4,7H2,1-2H3,(H2,15,18)(H,19,20). The van der Waals surface area contributed by atoms with Crippen LogP contribution in [0.1, 0.15) is 35.8 Å². The maximum absolute atomic E-state index is 11.5. The number of aromatic nitrogens is 1. The highest BCUT2D eigenvalue weighted by molar-refractivity contribution is 5.89. The van der Waals surface area contributed by atoms with E-state index >= 15 is 0 Å². The monoisotopic (exact) mass is 293 g/mol. The molecule has 1 aliphatic heterocycles. The summed E-state index contributed by atoms with van der Waals surface area (Å²) >= 11 is 0. The summed E-state index contributed by atoms with van der Waals surface area (Å²) in [5, 5.41) is 9.23. The molecule has 0 aromatic carbocycles. The van der Waals surface area contributed by atoms with Crippen LogP contribution in [-0.2, 0) is 9.53 Å². The molecule has 1 unspecified atom stereocenters. The van der Waals surface area contributed by atoms with Crippen LogP contribution in [0.3, 0.4) is 0 Å². The van der Waals surface area contributed by atoms with Gasteiger partial charge in [0.05, 0.1) is 18.8 Å². The van der Waals surface area contributed by atoms with E-state index in [-0.39, 0.29) is 18.1 Å². The van der Waals surface area contributed by atoms with Gasteiger partial charge in [-0.25, -0.2) is 9.78 Å². The number of amides is 1. The number of carbonyl (C=O) groups is 2. The molecule has 0 aliphatic carbocycles. The fourth-order valence-corrected chi connectivity index (χ4v) is 2.22. The average molecular weight is 293 g/mol. The third-order valence-electron chi connectivity index (χ3n) is 3.42. The fraction of sp³-hybridized carbons (Fsp3) is 0.500. The Morgan fingerprint density at radius 3 is 2.76 bits per heavy atom. The van der Waals surface area contributed by atoms with Crippen molar-refractivity contribution in [2.24, 2.45) is 5.73 Å². The van der Waals surface area contributed by atoms with Crippen molar-refractivity contribution >= 4 is 17.7 Å². The van der Waals surface area contributed by atoms with Crippen LogP contribution in [0.25, 0.3) is 0 Å². The molecule has 7 heteroatoms. The summed E-state index contributed by atoms with van der Waals surface area (Å²) in [6.45, 7) is 4.94. The molecule has 1 aliphatic rings. The number of carboxylic acids is 1. The van der Waals surface area contributed by atoms with Gasteiger partial charge in [-0.1, -0.05) is 13.8 Å². The molecule has 1 fully saturated rings. The number of ether oxygens (including phenoxy) is 1. The number of carboxylic acid groups (broad SMARTS) is 1. The number of hydrogen-bond donors (Lipinski definition) is 2. The lowest BCUT2D eigenvalue weighted by Crippen LogP contribution is -2.53. The highest BCUT2D eigenvalue weighted by Crippen LogP contribution is 2.23. The number of rotatable bonds is 4. The van der Waals surface area contributed by atoms with Crippen LogP contribution < -0.4 is 10.6 Å². The minimum atomic E-state index is -1.02. The third kappa shape index (κ3) is 3.30. The van der Waals surface area contributed by atoms with Crippen LogP contribution in [0.4, 0.5) is 5.82 Å². The predicted octanol–water partition coefficient (Wildman–Crippen LogP) is 0.594. The Bertz CT molecular complexity index is 559. The first-order valence-electron chi connectivity index (χ1n) is 6.79. The predicted molar refractivity (Wildman–Crippen MR) is 76.4 cm³/mol. The van der Waals surface area contributed by atoms with Gasteiger partial charge in [-0.05, 0) is 18.1 Å². The fourth-order valence-electron chi connectivity index (χ4n) is 2.22. The molecule has 0 radical (unpaired) electrons. The van der Waals surface area contributed by atoms with Gasteiger partial charge >= 0.3 is 5.97 Å². The highest BCUT2D eigenvalue weighted by atomic mass is 16.5. The molecule has 21 heavy (non-hydrogen) atoms. The second kappa shape index (κ2) is 6.09. The first kappa shape index (κ1) is 15.2. The number of hydrogen-bond acceptors (Lipinski definition) is 5. The Balaban J connectivity index is 2.45. The number of morpholine rings is 1. The number of nitrogens with two attached hydrogens (primary N) is 1. The molecular formula is C14H19N3O4. The molecule has 114 valence electrons. The summed E-state index contributed by atoms with van der Waals surface area (Å²) in [6, 6.07) is 2.39. The van der Waals surface area contributed by atoms with Crippen LogP contribution in [0.5, 0.6) is 0 Å². The van der Waals surface area contributed by atoms with Crippen molar-refractivity contribution in [1.82, 2.24) is 4.98 Å². The van der Waals surface area contributed by atoms with E-state index in [1.807, 2.05) is 13.8 Å². The third-order valence-corrected chi connectivity index (χ3v) is 3.42. The van der Waals surface area contributed by atoms with E-state index < -0.39 is 17.9 Å². The summed E-state index contributed by atoms with van der Waals surface area (Å²) in [6.07, 6.45) is 0. The van der Waals surface area contributed by atoms with Crippen molar-refractivity contribution < 1.29 is 19.4 Å². The van der Waals surface area contributed by atoms with Gasteiger partial charge in [0.1, 0.15) is 11.9 Å². The van der Waals surface area contributed by atoms with Crippen LogP contribution in [-0.4, -0.2) is 47.8 Å². The zero-order chi connectivity index (χ0) is 15.6. The van der Waals surface area contributed by atoms with Gasteiger partial charge in [-0.2, -0.15) is 0 Å². The maximum atomic E-state index is 11.5. The largest absolute Gasteiger partial charge is 0.478 e. The average Bonchev–Trinajstić information content (AvgIpc) is 2.46. The SMILES string of the molecule is CC(C)c1cc(C(=O)O)cc(N2CCOCC2C(N)=O)n1.